The first kappa shape index (κ1) is 67.1. The zero-order valence-corrected chi connectivity index (χ0v) is 54.5. The molecule has 0 spiro atoms. The molecule has 502 valence electrons. The number of aromatic nitrogens is 2. The summed E-state index contributed by atoms with van der Waals surface area (Å²) >= 11 is 0. The largest absolute Gasteiger partial charge is 0.677 e. The molecule has 9 aromatic carbocycles. The van der Waals surface area contributed by atoms with Gasteiger partial charge in [0, 0.05) is 60.4 Å². The van der Waals surface area contributed by atoms with E-state index in [1.54, 1.807) is 139 Å². The molecule has 0 atom stereocenters. The van der Waals surface area contributed by atoms with Crippen LogP contribution < -0.4 is 15.9 Å². The van der Waals surface area contributed by atoms with Gasteiger partial charge in [0.2, 0.25) is 0 Å². The van der Waals surface area contributed by atoms with Gasteiger partial charge < -0.3 is 23.1 Å². The Bertz CT molecular complexity index is 5430. The Balaban J connectivity index is 0.960. The molecule has 0 saturated carbocycles. The molecule has 0 aliphatic carbocycles. The van der Waals surface area contributed by atoms with Crippen LogP contribution in [0.25, 0.3) is 99.3 Å². The van der Waals surface area contributed by atoms with Crippen molar-refractivity contribution in [1.29, 1.82) is 0 Å². The third-order valence-corrected chi connectivity index (χ3v) is 18.1. The summed E-state index contributed by atoms with van der Waals surface area (Å²) in [6, 6.07) is 45.2. The normalized spacial score (nSPS) is 13.2. The van der Waals surface area contributed by atoms with Crippen molar-refractivity contribution in [3.63, 3.8) is 0 Å². The molecule has 0 unspecified atom stereocenters. The summed E-state index contributed by atoms with van der Waals surface area (Å²) in [6.45, 7) is 9.93. The van der Waals surface area contributed by atoms with Gasteiger partial charge in [-0.25, -0.2) is 14.2 Å². The minimum atomic E-state index is -4.70. The minimum Gasteiger partial charge on any atom is -0.462 e. The highest BCUT2D eigenvalue weighted by Gasteiger charge is 2.40. The van der Waals surface area contributed by atoms with Gasteiger partial charge in [0.25, 0.3) is 11.1 Å². The van der Waals surface area contributed by atoms with Gasteiger partial charge >= 0.3 is 37.7 Å². The van der Waals surface area contributed by atoms with Crippen molar-refractivity contribution in [2.24, 2.45) is 4.99 Å². The Morgan fingerprint density at radius 2 is 1.07 bits per heavy atom. The van der Waals surface area contributed by atoms with Gasteiger partial charge in [-0.15, -0.1) is 0 Å². The molecule has 21 heteroatoms. The van der Waals surface area contributed by atoms with Crippen molar-refractivity contribution in [3.05, 3.63) is 264 Å². The van der Waals surface area contributed by atoms with E-state index in [0.717, 1.165) is 33.3 Å². The molecule has 12 nitrogen and oxygen atoms in total. The third-order valence-electron chi connectivity index (χ3n) is 18.1. The number of nitrogens with zero attached hydrogens (tertiary/aromatic N) is 3. The highest BCUT2D eigenvalue weighted by atomic mass is 19.4. The van der Waals surface area contributed by atoms with E-state index in [1.807, 2.05) is 0 Å². The number of ether oxygens (including phenoxy) is 3. The van der Waals surface area contributed by atoms with Crippen LogP contribution >= 0.6 is 0 Å². The maximum absolute atomic E-state index is 16.3. The topological polar surface area (TPSA) is 148 Å². The molecule has 0 N–H and O–H groups in total. The molecule has 100 heavy (non-hydrogen) atoms. The van der Waals surface area contributed by atoms with E-state index in [0.29, 0.717) is 61.0 Å². The van der Waals surface area contributed by atoms with Crippen LogP contribution in [-0.2, 0) is 44.3 Å². The summed E-state index contributed by atoms with van der Waals surface area (Å²) in [5.74, 6) is -2.26. The first-order chi connectivity index (χ1) is 47.9. The molecule has 4 heterocycles. The van der Waals surface area contributed by atoms with Crippen LogP contribution in [0.15, 0.2) is 218 Å². The number of halogens is 8. The molecule has 0 saturated heterocycles. The Kier molecular flexibility index (Phi) is 17.7. The van der Waals surface area contributed by atoms with Gasteiger partial charge in [0.1, 0.15) is 16.9 Å². The minimum absolute atomic E-state index is 0.00551. The molecule has 13 rings (SSSR count). The van der Waals surface area contributed by atoms with Crippen LogP contribution in [0.4, 0.5) is 35.0 Å². The van der Waals surface area contributed by atoms with Gasteiger partial charge in [-0.3, -0.25) is 28.0 Å². The van der Waals surface area contributed by atoms with Crippen LogP contribution in [0.3, 0.4) is 0 Å². The molecule has 1 aliphatic heterocycles. The average molecular weight is 1360 g/mol. The number of para-hydroxylation sites is 1. The number of esters is 3. The molecule has 0 fully saturated rings. The highest BCUT2D eigenvalue weighted by molar-refractivity contribution is 6.42. The van der Waals surface area contributed by atoms with Crippen molar-refractivity contribution >= 4 is 80.1 Å². The van der Waals surface area contributed by atoms with Gasteiger partial charge in [-0.2, -0.15) is 26.3 Å². The van der Waals surface area contributed by atoms with Crippen molar-refractivity contribution in [3.8, 4) is 55.9 Å². The summed E-state index contributed by atoms with van der Waals surface area (Å²) in [5, 5.41) is 1.14. The third kappa shape index (κ3) is 11.8. The van der Waals surface area contributed by atoms with E-state index in [4.69, 9.17) is 23.6 Å². The zero-order chi connectivity index (χ0) is 70.8. The summed E-state index contributed by atoms with van der Waals surface area (Å²) < 4.78 is 142. The molecule has 3 aromatic heterocycles. The number of allylic oxidation sites excluding steroid dienone is 1. The monoisotopic (exact) mass is 1360 g/mol. The van der Waals surface area contributed by atoms with Crippen LogP contribution in [0.5, 0.6) is 5.75 Å². The standard InChI is InChI=1S/C79H58BF8N3O9/c1-7-60-64(76(95)97-9-3)42(5)71(89-60)70(72-43(6)65(77(96)98-10-4)61(8-2)91(72)80(87)88)67-54(45-19-13-11-14-20-45)38-52(39-55(67)46-21-15-12-16-22-46)99-63(92)37-44-25-35-51(36-26-44)90-74(93)58-40-56(47-27-31-49(32-28-47)78(81,82)83)66-53-23-17-18-24-62(53)100-73-57(41-59(75(90)94)68(58)69(66)73)48-29-33-50(34-30-48)79(84,85)86/h11-36,38-41H,7-10,37H2,1-6H3/b71-70-. The summed E-state index contributed by atoms with van der Waals surface area (Å²) in [7, 11) is -3.22. The van der Waals surface area contributed by atoms with Crippen LogP contribution in [0, 0.1) is 6.92 Å². The smallest absolute Gasteiger partial charge is 0.462 e. The quantitative estimate of drug-likeness (QED) is 0.0217. The molecule has 0 bridgehead atoms. The van der Waals surface area contributed by atoms with E-state index >= 15 is 18.2 Å². The molecule has 0 amide bonds. The number of carbonyl (C=O) groups excluding carboxylic acids is 3. The average Bonchev–Trinajstić information content (AvgIpc) is 0.816. The molecular formula is C79H58BF8N3O9. The first-order valence-electron chi connectivity index (χ1n) is 32.1. The van der Waals surface area contributed by atoms with Gasteiger partial charge in [0.15, 0.2) is 0 Å². The van der Waals surface area contributed by atoms with E-state index in [2.05, 4.69) is 0 Å². The van der Waals surface area contributed by atoms with E-state index in [-0.39, 0.29) is 126 Å². The van der Waals surface area contributed by atoms with Gasteiger partial charge in [0.05, 0.1) is 59.0 Å². The van der Waals surface area contributed by atoms with Crippen LogP contribution in [0.2, 0.25) is 0 Å². The number of benzene rings is 9. The van der Waals surface area contributed by atoms with Crippen molar-refractivity contribution in [1.82, 2.24) is 9.05 Å². The fraction of sp³-hybridized carbons (Fsp3) is 0.165. The van der Waals surface area contributed by atoms with E-state index < -0.39 is 66.3 Å². The SMILES string of the molecule is CCOC(=O)C1=C(C)/C(=C(\c2c(-c3ccccc3)cc(OC(=O)Cc3ccc(-n4c(=O)c5cc(-c6ccc(C(F)(F)F)cc6)c6oc7ccccc7c7c(-c8ccc(C(F)(F)F)cc8)cc(c4=O)c5c67)cc3)cc2-c2ccccc2)c2c(C)c(C(=O)OCC)c(CC)n2B(F)F)N=C1CC. The summed E-state index contributed by atoms with van der Waals surface area (Å²) in [5.41, 5.74) is 1.37. The van der Waals surface area contributed by atoms with Crippen LogP contribution in [-0.4, -0.2) is 53.3 Å². The molecule has 12 aromatic rings. The fourth-order valence-electron chi connectivity index (χ4n) is 13.7. The Hall–Kier alpha value is -11.5. The zero-order valence-electron chi connectivity index (χ0n) is 54.5. The number of fused-ring (bicyclic) bond motifs is 2. The number of aliphatic imine (C=N–C) groups is 1. The van der Waals surface area contributed by atoms with E-state index in [9.17, 15) is 40.7 Å². The predicted molar refractivity (Wildman–Crippen MR) is 370 cm³/mol. The van der Waals surface area contributed by atoms with Gasteiger partial charge in [-0.05, 0) is 163 Å². The van der Waals surface area contributed by atoms with Crippen molar-refractivity contribution in [2.75, 3.05) is 13.2 Å². The highest BCUT2D eigenvalue weighted by Crippen LogP contribution is 2.51. The second kappa shape index (κ2) is 26.4. The number of pyridine rings is 1. The molecule has 1 aliphatic rings. The van der Waals surface area contributed by atoms with Crippen LogP contribution in [0.1, 0.15) is 90.6 Å². The number of alkyl halides is 6. The second-order valence-electron chi connectivity index (χ2n) is 23.9. The maximum atomic E-state index is 16.3. The lowest BCUT2D eigenvalue weighted by Gasteiger charge is -2.24. The fourth-order valence-corrected chi connectivity index (χ4v) is 13.7. The molecule has 0 radical (unpaired) electrons. The number of hydrogen-bond donors (Lipinski definition) is 0. The van der Waals surface area contributed by atoms with Crippen molar-refractivity contribution in [2.45, 2.75) is 73.2 Å². The van der Waals surface area contributed by atoms with Crippen molar-refractivity contribution < 1.29 is 68.0 Å². The Labute approximate surface area is 566 Å². The van der Waals surface area contributed by atoms with E-state index in [1.165, 1.54) is 60.7 Å². The second-order valence-corrected chi connectivity index (χ2v) is 23.9. The summed E-state index contributed by atoms with van der Waals surface area (Å²) in [4.78, 5) is 78.2. The lowest BCUT2D eigenvalue weighted by atomic mass is 9.83. The van der Waals surface area contributed by atoms with Gasteiger partial charge in [-0.1, -0.05) is 129 Å². The summed E-state index contributed by atoms with van der Waals surface area (Å²) in [6.07, 6.45) is -9.56. The molecular weight excluding hydrogens is 1300 g/mol. The Morgan fingerprint density at radius 1 is 0.550 bits per heavy atom. The predicted octanol–water partition coefficient (Wildman–Crippen LogP) is 18.8. The number of carbonyl (C=O) groups is 3. The lowest BCUT2D eigenvalue weighted by molar-refractivity contribution is -0.138. The maximum Gasteiger partial charge on any atom is 0.677 e. The lowest BCUT2D eigenvalue weighted by Crippen LogP contribution is -2.32. The number of rotatable bonds is 17. The first-order valence-corrected chi connectivity index (χ1v) is 32.1. The number of hydrogen-bond acceptors (Lipinski definition) is 10. The Morgan fingerprint density at radius 3 is 1.60 bits per heavy atom.